The molecule has 3 amide bonds. The molecule has 0 aromatic heterocycles. The lowest BCUT2D eigenvalue weighted by Gasteiger charge is -2.44. The van der Waals surface area contributed by atoms with Crippen molar-refractivity contribution >= 4 is 17.9 Å². The minimum atomic E-state index is -0.837. The Morgan fingerprint density at radius 2 is 1.61 bits per heavy atom. The molecule has 2 aliphatic carbocycles. The van der Waals surface area contributed by atoms with Gasteiger partial charge in [0.1, 0.15) is 12.2 Å². The van der Waals surface area contributed by atoms with E-state index in [0.717, 1.165) is 64.2 Å². The van der Waals surface area contributed by atoms with E-state index in [1.54, 1.807) is 13.8 Å². The van der Waals surface area contributed by atoms with Crippen LogP contribution in [-0.2, 0) is 23.8 Å². The number of rotatable bonds is 14. The maximum absolute atomic E-state index is 13.1. The number of nitrogens with one attached hydrogen (secondary N) is 3. The molecule has 1 aliphatic heterocycles. The van der Waals surface area contributed by atoms with Crippen molar-refractivity contribution < 1.29 is 28.6 Å². The predicted molar refractivity (Wildman–Crippen MR) is 159 cm³/mol. The van der Waals surface area contributed by atoms with Gasteiger partial charge in [0.2, 0.25) is 5.91 Å². The van der Waals surface area contributed by atoms with Gasteiger partial charge >= 0.3 is 12.0 Å². The van der Waals surface area contributed by atoms with Crippen molar-refractivity contribution in [2.45, 2.75) is 167 Å². The SMILES string of the molecule is CCCCCCCCC1(NC(=O)NC2CCCCCC2OC(=O)CCNC(=O)C2OC(C)(C)OCC2(C)C)CCC1. The Balaban J connectivity index is 1.44. The minimum Gasteiger partial charge on any atom is -0.460 e. The van der Waals surface area contributed by atoms with Gasteiger partial charge in [0.25, 0.3) is 0 Å². The summed E-state index contributed by atoms with van der Waals surface area (Å²) in [4.78, 5) is 38.8. The van der Waals surface area contributed by atoms with Crippen LogP contribution in [0.25, 0.3) is 0 Å². The summed E-state index contributed by atoms with van der Waals surface area (Å²) in [5.41, 5.74) is -0.561. The Labute approximate surface area is 248 Å². The first kappa shape index (κ1) is 33.6. The van der Waals surface area contributed by atoms with Gasteiger partial charge in [-0.2, -0.15) is 0 Å². The lowest BCUT2D eigenvalue weighted by Crippen LogP contribution is -2.59. The van der Waals surface area contributed by atoms with Gasteiger partial charge in [-0.25, -0.2) is 4.79 Å². The maximum atomic E-state index is 13.1. The molecule has 3 N–H and O–H groups in total. The molecular weight excluding hydrogens is 522 g/mol. The van der Waals surface area contributed by atoms with Crippen molar-refractivity contribution in [3.8, 4) is 0 Å². The second-order valence-corrected chi connectivity index (χ2v) is 13.7. The Hall–Kier alpha value is -1.87. The number of urea groups is 1. The Kier molecular flexibility index (Phi) is 12.8. The lowest BCUT2D eigenvalue weighted by molar-refractivity contribution is -0.304. The highest BCUT2D eigenvalue weighted by atomic mass is 16.7. The molecule has 3 aliphatic rings. The van der Waals surface area contributed by atoms with E-state index in [9.17, 15) is 14.4 Å². The van der Waals surface area contributed by atoms with E-state index >= 15 is 0 Å². The summed E-state index contributed by atoms with van der Waals surface area (Å²) in [5, 5.41) is 9.31. The van der Waals surface area contributed by atoms with E-state index in [1.807, 2.05) is 13.8 Å². The third-order valence-corrected chi connectivity index (χ3v) is 9.02. The smallest absolute Gasteiger partial charge is 0.315 e. The molecule has 0 aromatic rings. The van der Waals surface area contributed by atoms with Crippen LogP contribution < -0.4 is 16.0 Å². The molecule has 3 unspecified atom stereocenters. The second-order valence-electron chi connectivity index (χ2n) is 13.7. The van der Waals surface area contributed by atoms with Gasteiger partial charge in [0, 0.05) is 17.5 Å². The van der Waals surface area contributed by atoms with Crippen LogP contribution in [0.2, 0.25) is 0 Å². The van der Waals surface area contributed by atoms with Crippen LogP contribution in [0.1, 0.15) is 137 Å². The zero-order chi connectivity index (χ0) is 29.9. The van der Waals surface area contributed by atoms with Crippen LogP contribution in [0.3, 0.4) is 0 Å². The Morgan fingerprint density at radius 3 is 2.32 bits per heavy atom. The van der Waals surface area contributed by atoms with Crippen LogP contribution in [-0.4, -0.2) is 60.6 Å². The summed E-state index contributed by atoms with van der Waals surface area (Å²) in [5.74, 6) is -1.46. The summed E-state index contributed by atoms with van der Waals surface area (Å²) in [6.07, 6.45) is 15.3. The average Bonchev–Trinajstić information content (AvgIpc) is 3.10. The first-order valence-electron chi connectivity index (χ1n) is 16.3. The fraction of sp³-hybridized carbons (Fsp3) is 0.906. The molecule has 3 fully saturated rings. The number of ether oxygens (including phenoxy) is 3. The highest BCUT2D eigenvalue weighted by Crippen LogP contribution is 2.37. The van der Waals surface area contributed by atoms with Crippen molar-refractivity contribution in [1.82, 2.24) is 16.0 Å². The van der Waals surface area contributed by atoms with E-state index in [4.69, 9.17) is 14.2 Å². The number of carbonyl (C=O) groups excluding carboxylic acids is 3. The fourth-order valence-corrected chi connectivity index (χ4v) is 6.24. The number of hydrogen-bond donors (Lipinski definition) is 3. The molecule has 1 saturated heterocycles. The van der Waals surface area contributed by atoms with Gasteiger partial charge in [-0.3, -0.25) is 9.59 Å². The molecule has 236 valence electrons. The van der Waals surface area contributed by atoms with Crippen molar-refractivity contribution in [3.63, 3.8) is 0 Å². The molecule has 2 saturated carbocycles. The van der Waals surface area contributed by atoms with Crippen LogP contribution in [0.4, 0.5) is 4.79 Å². The Morgan fingerprint density at radius 1 is 0.902 bits per heavy atom. The lowest BCUT2D eigenvalue weighted by atomic mass is 9.73. The summed E-state index contributed by atoms with van der Waals surface area (Å²) in [7, 11) is 0. The van der Waals surface area contributed by atoms with E-state index in [1.165, 1.54) is 32.1 Å². The topological polar surface area (TPSA) is 115 Å². The predicted octanol–water partition coefficient (Wildman–Crippen LogP) is 5.89. The molecule has 0 bridgehead atoms. The van der Waals surface area contributed by atoms with Crippen LogP contribution in [0, 0.1) is 5.41 Å². The largest absolute Gasteiger partial charge is 0.460 e. The molecule has 41 heavy (non-hydrogen) atoms. The average molecular weight is 580 g/mol. The first-order chi connectivity index (χ1) is 19.5. The fourth-order valence-electron chi connectivity index (χ4n) is 6.24. The maximum Gasteiger partial charge on any atom is 0.315 e. The summed E-state index contributed by atoms with van der Waals surface area (Å²) < 4.78 is 17.5. The van der Waals surface area contributed by atoms with Crippen molar-refractivity contribution in [2.24, 2.45) is 5.41 Å². The molecule has 0 radical (unpaired) electrons. The molecule has 0 aromatic carbocycles. The van der Waals surface area contributed by atoms with Gasteiger partial charge in [-0.05, 0) is 58.8 Å². The standard InChI is InChI=1S/C32H57N3O6/c1-6-7-8-9-10-14-19-32(20-15-21-32)35-29(38)34-24-16-12-11-13-17-25(24)40-26(36)18-22-33-28(37)27-30(2,3)23-39-31(4,5)41-27/h24-25,27H,6-23H2,1-5H3,(H,33,37)(H2,34,35,38). The third kappa shape index (κ3) is 10.7. The molecule has 3 atom stereocenters. The number of amides is 3. The van der Waals surface area contributed by atoms with Crippen molar-refractivity contribution in [3.05, 3.63) is 0 Å². The third-order valence-electron chi connectivity index (χ3n) is 9.02. The quantitative estimate of drug-likeness (QED) is 0.134. The van der Waals surface area contributed by atoms with E-state index in [0.29, 0.717) is 6.61 Å². The number of hydrogen-bond acceptors (Lipinski definition) is 6. The molecular formula is C32H57N3O6. The second kappa shape index (κ2) is 15.6. The normalized spacial score (nSPS) is 26.6. The van der Waals surface area contributed by atoms with E-state index in [2.05, 4.69) is 22.9 Å². The highest BCUT2D eigenvalue weighted by molar-refractivity contribution is 5.82. The summed E-state index contributed by atoms with van der Waals surface area (Å²) in [6.45, 7) is 10.2. The van der Waals surface area contributed by atoms with Gasteiger partial charge in [-0.15, -0.1) is 0 Å². The van der Waals surface area contributed by atoms with Crippen LogP contribution in [0.5, 0.6) is 0 Å². The number of carbonyl (C=O) groups is 3. The molecule has 3 rings (SSSR count). The zero-order valence-electron chi connectivity index (χ0n) is 26.4. The number of unbranched alkanes of at least 4 members (excludes halogenated alkanes) is 5. The minimum absolute atomic E-state index is 0.0650. The zero-order valence-corrected chi connectivity index (χ0v) is 26.4. The van der Waals surface area contributed by atoms with Gasteiger partial charge in [0.15, 0.2) is 5.79 Å². The molecule has 9 nitrogen and oxygen atoms in total. The monoisotopic (exact) mass is 579 g/mol. The van der Waals surface area contributed by atoms with E-state index < -0.39 is 17.3 Å². The Bertz CT molecular complexity index is 856. The van der Waals surface area contributed by atoms with E-state index in [-0.39, 0.29) is 48.6 Å². The van der Waals surface area contributed by atoms with Gasteiger partial charge < -0.3 is 30.2 Å². The van der Waals surface area contributed by atoms with Gasteiger partial charge in [-0.1, -0.05) is 72.1 Å². The summed E-state index contributed by atoms with van der Waals surface area (Å²) >= 11 is 0. The van der Waals surface area contributed by atoms with Gasteiger partial charge in [0.05, 0.1) is 19.1 Å². The van der Waals surface area contributed by atoms with Crippen molar-refractivity contribution in [2.75, 3.05) is 13.2 Å². The van der Waals surface area contributed by atoms with Crippen molar-refractivity contribution in [1.29, 1.82) is 0 Å². The first-order valence-corrected chi connectivity index (χ1v) is 16.3. The number of esters is 1. The highest BCUT2D eigenvalue weighted by Gasteiger charge is 2.45. The molecule has 9 heteroatoms. The molecule has 0 spiro atoms. The van der Waals surface area contributed by atoms with Crippen LogP contribution in [0.15, 0.2) is 0 Å². The van der Waals surface area contributed by atoms with Crippen LogP contribution >= 0.6 is 0 Å². The molecule has 1 heterocycles. The summed E-state index contributed by atoms with van der Waals surface area (Å²) in [6, 6.07) is -0.348.